The average Bonchev–Trinajstić information content (AvgIpc) is 2.79. The first kappa shape index (κ1) is 17.8. The first-order chi connectivity index (χ1) is 11.3. The molecule has 2 rings (SSSR count). The molecule has 1 heterocycles. The molecule has 1 aromatic rings. The van der Waals surface area contributed by atoms with Crippen molar-refractivity contribution in [3.05, 3.63) is 29.8 Å². The maximum Gasteiger partial charge on any atom is 0.325 e. The molecule has 0 spiro atoms. The van der Waals surface area contributed by atoms with Gasteiger partial charge < -0.3 is 15.4 Å². The minimum absolute atomic E-state index is 0.0595. The Morgan fingerprint density at radius 1 is 1.29 bits per heavy atom. The summed E-state index contributed by atoms with van der Waals surface area (Å²) in [4.78, 5) is 38.0. The zero-order chi connectivity index (χ0) is 17.9. The Hall–Kier alpha value is -2.57. The number of hydrogen-bond donors (Lipinski definition) is 2. The molecule has 1 aliphatic heterocycles. The van der Waals surface area contributed by atoms with Crippen LogP contribution in [-0.2, 0) is 15.1 Å². The van der Waals surface area contributed by atoms with Gasteiger partial charge in [-0.3, -0.25) is 14.5 Å². The van der Waals surface area contributed by atoms with Gasteiger partial charge in [0.25, 0.3) is 5.91 Å². The van der Waals surface area contributed by atoms with E-state index in [9.17, 15) is 14.4 Å². The van der Waals surface area contributed by atoms with E-state index in [0.717, 1.165) is 4.90 Å². The molecule has 1 fully saturated rings. The van der Waals surface area contributed by atoms with Crippen LogP contribution >= 0.6 is 0 Å². The van der Waals surface area contributed by atoms with E-state index < -0.39 is 17.5 Å². The maximum atomic E-state index is 12.9. The third-order valence-electron chi connectivity index (χ3n) is 4.04. The molecule has 1 saturated heterocycles. The molecule has 24 heavy (non-hydrogen) atoms. The van der Waals surface area contributed by atoms with Crippen LogP contribution in [0.15, 0.2) is 24.3 Å². The van der Waals surface area contributed by atoms with Crippen LogP contribution in [0.2, 0.25) is 0 Å². The van der Waals surface area contributed by atoms with Gasteiger partial charge in [0.2, 0.25) is 5.91 Å². The number of carbonyl (C=O) groups is 3. The number of hydrogen-bond acceptors (Lipinski definition) is 4. The van der Waals surface area contributed by atoms with Crippen molar-refractivity contribution >= 4 is 17.8 Å². The van der Waals surface area contributed by atoms with Crippen LogP contribution in [-0.4, -0.2) is 42.4 Å². The van der Waals surface area contributed by atoms with Crippen molar-refractivity contribution in [2.45, 2.75) is 38.8 Å². The smallest absolute Gasteiger partial charge is 0.325 e. The maximum absolute atomic E-state index is 12.9. The molecule has 0 aliphatic carbocycles. The van der Waals surface area contributed by atoms with E-state index in [0.29, 0.717) is 17.7 Å². The van der Waals surface area contributed by atoms with Gasteiger partial charge >= 0.3 is 6.03 Å². The predicted molar refractivity (Wildman–Crippen MR) is 88.5 cm³/mol. The molecule has 0 aromatic heterocycles. The topological polar surface area (TPSA) is 87.7 Å². The second-order valence-electron chi connectivity index (χ2n) is 6.03. The van der Waals surface area contributed by atoms with E-state index >= 15 is 0 Å². The van der Waals surface area contributed by atoms with Crippen LogP contribution in [0.1, 0.15) is 32.8 Å². The minimum Gasteiger partial charge on any atom is -0.497 e. The monoisotopic (exact) mass is 333 g/mol. The summed E-state index contributed by atoms with van der Waals surface area (Å²) in [5, 5.41) is 5.43. The van der Waals surface area contributed by atoms with Gasteiger partial charge in [-0.1, -0.05) is 19.1 Å². The molecule has 130 valence electrons. The summed E-state index contributed by atoms with van der Waals surface area (Å²) in [6.07, 6.45) is 0.381. The average molecular weight is 333 g/mol. The van der Waals surface area contributed by atoms with Gasteiger partial charge in [0.1, 0.15) is 17.8 Å². The summed E-state index contributed by atoms with van der Waals surface area (Å²) in [5.41, 5.74) is -0.488. The summed E-state index contributed by atoms with van der Waals surface area (Å²) >= 11 is 0. The lowest BCUT2D eigenvalue weighted by molar-refractivity contribution is -0.135. The largest absolute Gasteiger partial charge is 0.497 e. The highest BCUT2D eigenvalue weighted by atomic mass is 16.5. The summed E-state index contributed by atoms with van der Waals surface area (Å²) in [6, 6.07) is 6.35. The van der Waals surface area contributed by atoms with Gasteiger partial charge in [-0.15, -0.1) is 0 Å². The van der Waals surface area contributed by atoms with Crippen LogP contribution in [0.5, 0.6) is 5.75 Å². The van der Waals surface area contributed by atoms with Crippen molar-refractivity contribution in [3.63, 3.8) is 0 Å². The number of nitrogens with one attached hydrogen (secondary N) is 2. The van der Waals surface area contributed by atoms with Crippen LogP contribution in [0.4, 0.5) is 4.79 Å². The van der Waals surface area contributed by atoms with Crippen molar-refractivity contribution in [1.29, 1.82) is 0 Å². The van der Waals surface area contributed by atoms with Crippen molar-refractivity contribution in [2.24, 2.45) is 0 Å². The number of carbonyl (C=O) groups excluding carboxylic acids is 3. The first-order valence-electron chi connectivity index (χ1n) is 7.92. The molecule has 0 radical (unpaired) electrons. The third kappa shape index (κ3) is 3.20. The lowest BCUT2D eigenvalue weighted by atomic mass is 9.87. The minimum atomic E-state index is -1.15. The standard InChI is InChI=1S/C17H23N3O4/c1-5-17(12-6-8-13(24-4)9-7-12)15(22)20(16(23)19-17)10-14(21)18-11(2)3/h6-9,11H,5,10H2,1-4H3,(H,18,21)(H,19,23)/t17-/m0/s1. The SMILES string of the molecule is CC[C@@]1(c2ccc(OC)cc2)NC(=O)N(CC(=O)NC(C)C)C1=O. The second-order valence-corrected chi connectivity index (χ2v) is 6.03. The number of rotatable bonds is 6. The number of ether oxygens (including phenoxy) is 1. The number of urea groups is 1. The van der Waals surface area contributed by atoms with E-state index in [2.05, 4.69) is 10.6 Å². The first-order valence-corrected chi connectivity index (χ1v) is 7.92. The Morgan fingerprint density at radius 3 is 2.42 bits per heavy atom. The lowest BCUT2D eigenvalue weighted by Crippen LogP contribution is -2.45. The van der Waals surface area contributed by atoms with E-state index in [1.54, 1.807) is 31.4 Å². The van der Waals surface area contributed by atoms with Crippen molar-refractivity contribution in [1.82, 2.24) is 15.5 Å². The Balaban J connectivity index is 2.27. The predicted octanol–water partition coefficient (Wildman–Crippen LogP) is 1.38. The van der Waals surface area contributed by atoms with Gasteiger partial charge in [-0.25, -0.2) is 4.79 Å². The zero-order valence-corrected chi connectivity index (χ0v) is 14.4. The van der Waals surface area contributed by atoms with E-state index in [1.165, 1.54) is 0 Å². The van der Waals surface area contributed by atoms with Gasteiger partial charge in [-0.05, 0) is 38.0 Å². The molecule has 0 saturated carbocycles. The van der Waals surface area contributed by atoms with Crippen LogP contribution in [0, 0.1) is 0 Å². The molecular formula is C17H23N3O4. The van der Waals surface area contributed by atoms with Crippen molar-refractivity contribution in [2.75, 3.05) is 13.7 Å². The number of benzene rings is 1. The number of methoxy groups -OCH3 is 1. The van der Waals surface area contributed by atoms with Crippen LogP contribution < -0.4 is 15.4 Å². The fourth-order valence-electron chi connectivity index (χ4n) is 2.80. The molecule has 1 aliphatic rings. The molecule has 2 N–H and O–H groups in total. The molecule has 4 amide bonds. The molecule has 0 unspecified atom stereocenters. The highest BCUT2D eigenvalue weighted by molar-refractivity contribution is 6.09. The van der Waals surface area contributed by atoms with E-state index in [1.807, 2.05) is 20.8 Å². The number of nitrogens with zero attached hydrogens (tertiary/aromatic N) is 1. The Labute approximate surface area is 141 Å². The molecule has 7 nitrogen and oxygen atoms in total. The normalized spacial score (nSPS) is 20.3. The Bertz CT molecular complexity index is 642. The molecule has 1 atom stereocenters. The molecular weight excluding hydrogens is 310 g/mol. The molecule has 1 aromatic carbocycles. The summed E-state index contributed by atoms with van der Waals surface area (Å²) in [7, 11) is 1.56. The Kier molecular flexibility index (Phi) is 5.11. The van der Waals surface area contributed by atoms with Gasteiger partial charge in [-0.2, -0.15) is 0 Å². The van der Waals surface area contributed by atoms with Crippen molar-refractivity contribution in [3.8, 4) is 5.75 Å². The van der Waals surface area contributed by atoms with E-state index in [4.69, 9.17) is 4.74 Å². The molecule has 7 heteroatoms. The summed E-state index contributed by atoms with van der Waals surface area (Å²) in [6.45, 7) is 5.16. The fraction of sp³-hybridized carbons (Fsp3) is 0.471. The number of amides is 4. The van der Waals surface area contributed by atoms with Gasteiger partial charge in [0.15, 0.2) is 0 Å². The zero-order valence-electron chi connectivity index (χ0n) is 14.4. The quantitative estimate of drug-likeness (QED) is 0.770. The second kappa shape index (κ2) is 6.90. The summed E-state index contributed by atoms with van der Waals surface area (Å²) in [5.74, 6) is -0.121. The highest BCUT2D eigenvalue weighted by Gasteiger charge is 2.51. The number of imide groups is 1. The van der Waals surface area contributed by atoms with Gasteiger partial charge in [0, 0.05) is 6.04 Å². The Morgan fingerprint density at radius 2 is 1.92 bits per heavy atom. The molecule has 0 bridgehead atoms. The van der Waals surface area contributed by atoms with Crippen LogP contribution in [0.25, 0.3) is 0 Å². The summed E-state index contributed by atoms with van der Waals surface area (Å²) < 4.78 is 5.12. The fourth-order valence-corrected chi connectivity index (χ4v) is 2.80. The third-order valence-corrected chi connectivity index (χ3v) is 4.04. The van der Waals surface area contributed by atoms with Crippen molar-refractivity contribution < 1.29 is 19.1 Å². The van der Waals surface area contributed by atoms with Gasteiger partial charge in [0.05, 0.1) is 7.11 Å². The highest BCUT2D eigenvalue weighted by Crippen LogP contribution is 2.33. The lowest BCUT2D eigenvalue weighted by Gasteiger charge is -2.26. The van der Waals surface area contributed by atoms with Crippen LogP contribution in [0.3, 0.4) is 0 Å². The van der Waals surface area contributed by atoms with E-state index in [-0.39, 0.29) is 18.5 Å².